The third-order valence-corrected chi connectivity index (χ3v) is 6.14. The number of nitrogens with one attached hydrogen (secondary N) is 2. The van der Waals surface area contributed by atoms with Gasteiger partial charge in [0.1, 0.15) is 18.1 Å². The van der Waals surface area contributed by atoms with Crippen LogP contribution in [0.3, 0.4) is 0 Å². The molecule has 0 saturated heterocycles. The minimum absolute atomic E-state index is 0.0200. The van der Waals surface area contributed by atoms with Crippen LogP contribution >= 0.6 is 0 Å². The van der Waals surface area contributed by atoms with Gasteiger partial charge in [-0.2, -0.15) is 0 Å². The first-order chi connectivity index (χ1) is 20.6. The lowest BCUT2D eigenvalue weighted by molar-refractivity contribution is -0.134. The van der Waals surface area contributed by atoms with Crippen molar-refractivity contribution >= 4 is 11.9 Å². The number of aliphatic carboxylic acids is 1. The van der Waals surface area contributed by atoms with Crippen LogP contribution in [-0.2, 0) is 29.2 Å². The number of benzene rings is 3. The number of phenols is 1. The average Bonchev–Trinajstić information content (AvgIpc) is 2.98. The zero-order chi connectivity index (χ0) is 31.6. The molecule has 0 aliphatic heterocycles. The fraction of sp³-hybridized carbons (Fsp3) is 0.394. The highest BCUT2D eigenvalue weighted by molar-refractivity contribution is 5.94. The molecule has 0 aliphatic carbocycles. The van der Waals surface area contributed by atoms with Crippen LogP contribution in [0.5, 0.6) is 11.5 Å². The Hall–Kier alpha value is -3.96. The number of amides is 1. The molecule has 0 aliphatic rings. The zero-order valence-corrected chi connectivity index (χ0v) is 25.1. The maximum absolute atomic E-state index is 12.2. The van der Waals surface area contributed by atoms with Crippen LogP contribution in [-0.4, -0.2) is 65.2 Å². The molecule has 10 nitrogen and oxygen atoms in total. The summed E-state index contributed by atoms with van der Waals surface area (Å²) < 4.78 is 11.5. The number of aromatic hydroxyl groups is 1. The molecular weight excluding hydrogens is 552 g/mol. The smallest absolute Gasteiger partial charge is 0.300 e. The highest BCUT2D eigenvalue weighted by atomic mass is 16.5. The molecule has 6 N–H and O–H groups in total. The van der Waals surface area contributed by atoms with Gasteiger partial charge in [-0.05, 0) is 72.0 Å². The van der Waals surface area contributed by atoms with Gasteiger partial charge in [0.25, 0.3) is 11.9 Å². The van der Waals surface area contributed by atoms with Gasteiger partial charge in [0, 0.05) is 31.1 Å². The van der Waals surface area contributed by atoms with Crippen molar-refractivity contribution in [2.45, 2.75) is 46.5 Å². The van der Waals surface area contributed by atoms with Gasteiger partial charge in [0.15, 0.2) is 0 Å². The number of hydrogen-bond acceptors (Lipinski definition) is 8. The molecular formula is C33H44N2O8. The molecule has 1 atom stereocenters. The third-order valence-electron chi connectivity index (χ3n) is 6.14. The van der Waals surface area contributed by atoms with E-state index in [1.807, 2.05) is 42.5 Å². The normalized spacial score (nSPS) is 11.4. The van der Waals surface area contributed by atoms with Crippen LogP contribution < -0.4 is 15.4 Å². The molecule has 10 heteroatoms. The first-order valence-electron chi connectivity index (χ1n) is 14.3. The molecule has 43 heavy (non-hydrogen) atoms. The van der Waals surface area contributed by atoms with Gasteiger partial charge in [0.05, 0.1) is 25.9 Å². The first-order valence-corrected chi connectivity index (χ1v) is 14.3. The fourth-order valence-electron chi connectivity index (χ4n) is 3.89. The van der Waals surface area contributed by atoms with Crippen molar-refractivity contribution in [2.75, 3.05) is 32.8 Å². The molecule has 0 radical (unpaired) electrons. The molecule has 0 aromatic heterocycles. The Morgan fingerprint density at radius 2 is 1.65 bits per heavy atom. The van der Waals surface area contributed by atoms with Gasteiger partial charge >= 0.3 is 0 Å². The van der Waals surface area contributed by atoms with E-state index in [1.165, 1.54) is 6.07 Å². The van der Waals surface area contributed by atoms with E-state index in [0.717, 1.165) is 30.2 Å². The topological polar surface area (TPSA) is 158 Å². The predicted molar refractivity (Wildman–Crippen MR) is 164 cm³/mol. The number of ether oxygens (including phenoxy) is 2. The minimum Gasteiger partial charge on any atom is -0.508 e. The van der Waals surface area contributed by atoms with Gasteiger partial charge in [0.2, 0.25) is 0 Å². The molecule has 3 aromatic carbocycles. The number of rotatable bonds is 16. The molecule has 0 saturated carbocycles. The second-order valence-electron chi connectivity index (χ2n) is 10.4. The van der Waals surface area contributed by atoms with Crippen LogP contribution in [0.1, 0.15) is 59.5 Å². The van der Waals surface area contributed by atoms with Gasteiger partial charge in [-0.15, -0.1) is 0 Å². The first kappa shape index (κ1) is 35.2. The molecule has 3 aromatic rings. The monoisotopic (exact) mass is 596 g/mol. The Bertz CT molecular complexity index is 1260. The number of carbonyl (C=O) groups is 2. The lowest BCUT2D eigenvalue weighted by Crippen LogP contribution is -2.27. The maximum Gasteiger partial charge on any atom is 0.300 e. The fourth-order valence-corrected chi connectivity index (χ4v) is 3.89. The van der Waals surface area contributed by atoms with Crippen LogP contribution in [0.25, 0.3) is 0 Å². The average molecular weight is 597 g/mol. The zero-order valence-electron chi connectivity index (χ0n) is 25.1. The highest BCUT2D eigenvalue weighted by Crippen LogP contribution is 2.22. The summed E-state index contributed by atoms with van der Waals surface area (Å²) in [5.74, 6) is 0.283. The van der Waals surface area contributed by atoms with Crippen LogP contribution in [0, 0.1) is 5.92 Å². The number of carboxylic acids is 1. The number of carboxylic acid groups (broad SMARTS) is 1. The van der Waals surface area contributed by atoms with Crippen molar-refractivity contribution in [3.05, 3.63) is 94.5 Å². The Kier molecular flexibility index (Phi) is 15.8. The van der Waals surface area contributed by atoms with Crippen LogP contribution in [0.4, 0.5) is 0 Å². The number of aliphatic hydroxyl groups is 2. The molecule has 0 spiro atoms. The summed E-state index contributed by atoms with van der Waals surface area (Å²) in [6, 6.07) is 20.1. The van der Waals surface area contributed by atoms with Gasteiger partial charge in [-0.3, -0.25) is 9.59 Å². The molecule has 3 rings (SSSR count). The van der Waals surface area contributed by atoms with Crippen molar-refractivity contribution in [3.8, 4) is 11.5 Å². The number of aliphatic hydroxyl groups excluding tert-OH is 2. The summed E-state index contributed by atoms with van der Waals surface area (Å²) >= 11 is 0. The van der Waals surface area contributed by atoms with Crippen molar-refractivity contribution in [2.24, 2.45) is 5.92 Å². The van der Waals surface area contributed by atoms with Crippen LogP contribution in [0.2, 0.25) is 0 Å². The molecule has 0 bridgehead atoms. The van der Waals surface area contributed by atoms with E-state index in [4.69, 9.17) is 19.4 Å². The predicted octanol–water partition coefficient (Wildman–Crippen LogP) is 3.82. The second kappa shape index (κ2) is 19.3. The third kappa shape index (κ3) is 14.2. The highest BCUT2D eigenvalue weighted by Gasteiger charge is 2.10. The van der Waals surface area contributed by atoms with E-state index < -0.39 is 12.1 Å². The number of hydrogen-bond donors (Lipinski definition) is 6. The van der Waals surface area contributed by atoms with E-state index in [-0.39, 0.29) is 18.3 Å². The van der Waals surface area contributed by atoms with E-state index in [0.29, 0.717) is 62.1 Å². The minimum atomic E-state index is -0.833. The quantitative estimate of drug-likeness (QED) is 0.135. The lowest BCUT2D eigenvalue weighted by atomic mass is 10.1. The second-order valence-corrected chi connectivity index (χ2v) is 10.4. The van der Waals surface area contributed by atoms with E-state index in [9.17, 15) is 20.1 Å². The summed E-state index contributed by atoms with van der Waals surface area (Å²) in [7, 11) is 0. The summed E-state index contributed by atoms with van der Waals surface area (Å²) in [4.78, 5) is 21.2. The summed E-state index contributed by atoms with van der Waals surface area (Å²) in [5, 5.41) is 42.9. The Morgan fingerprint density at radius 1 is 0.930 bits per heavy atom. The van der Waals surface area contributed by atoms with Gasteiger partial charge < -0.3 is 40.5 Å². The maximum atomic E-state index is 12.2. The number of carbonyl (C=O) groups excluding carboxylic acids is 1. The molecule has 0 heterocycles. The van der Waals surface area contributed by atoms with Gasteiger partial charge in [-0.1, -0.05) is 44.2 Å². The van der Waals surface area contributed by atoms with Crippen molar-refractivity contribution in [1.82, 2.24) is 10.6 Å². The van der Waals surface area contributed by atoms with Crippen LogP contribution in [0.15, 0.2) is 66.7 Å². The van der Waals surface area contributed by atoms with E-state index >= 15 is 0 Å². The van der Waals surface area contributed by atoms with Crippen molar-refractivity contribution in [3.63, 3.8) is 0 Å². The SMILES string of the molecule is CC(=O)O.CC(C)CNC(=O)c1cccc(COCCOc2ccc(CCNC[C@H](O)c3ccc(O)c(CO)c3)cc2)c1. The van der Waals surface area contributed by atoms with Crippen molar-refractivity contribution < 1.29 is 39.5 Å². The molecule has 0 fully saturated rings. The molecule has 1 amide bonds. The largest absolute Gasteiger partial charge is 0.508 e. The standard InChI is InChI=1S/C31H40N2O6.C2H4O2/c1-22(2)18-33-31(37)26-5-3-4-24(16-26)21-38-14-15-39-28-9-6-23(7-10-28)12-13-32-19-30(36)25-8-11-29(35)27(17-25)20-34;1-2(3)4/h3-11,16-17,22,30,32,34-36H,12-15,18-21H2,1-2H3,(H,33,37);1H3,(H,3,4)/t30-;/m0./s1. The van der Waals surface area contributed by atoms with Crippen molar-refractivity contribution in [1.29, 1.82) is 0 Å². The van der Waals surface area contributed by atoms with E-state index in [2.05, 4.69) is 24.5 Å². The summed E-state index contributed by atoms with van der Waals surface area (Å²) in [5.41, 5.74) is 3.76. The summed E-state index contributed by atoms with van der Waals surface area (Å²) in [6.45, 7) is 7.89. The molecule has 234 valence electrons. The van der Waals surface area contributed by atoms with E-state index in [1.54, 1.807) is 18.2 Å². The summed E-state index contributed by atoms with van der Waals surface area (Å²) in [6.07, 6.45) is 0.0642. The lowest BCUT2D eigenvalue weighted by Gasteiger charge is -2.14. The Balaban J connectivity index is 0.00000151. The Morgan fingerprint density at radius 3 is 2.33 bits per heavy atom. The Labute approximate surface area is 253 Å². The van der Waals surface area contributed by atoms with Gasteiger partial charge in [-0.25, -0.2) is 0 Å². The molecule has 0 unspecified atom stereocenters.